The summed E-state index contributed by atoms with van der Waals surface area (Å²) in [6.45, 7) is 4.86. The SMILES string of the molecule is CC.CF.CF.CF.CF.NCc1ccc(OF)cc1.NCc1cccc(OF)c1. The van der Waals surface area contributed by atoms with E-state index in [9.17, 15) is 26.6 Å². The number of rotatable bonds is 4. The first-order valence-electron chi connectivity index (χ1n) is 8.40. The van der Waals surface area contributed by atoms with Gasteiger partial charge in [-0.15, -0.1) is 0 Å². The van der Waals surface area contributed by atoms with Gasteiger partial charge in [0.05, 0.1) is 28.7 Å². The fourth-order valence-corrected chi connectivity index (χ4v) is 1.40. The second-order valence-corrected chi connectivity index (χ2v) is 3.85. The van der Waals surface area contributed by atoms with Gasteiger partial charge in [0.25, 0.3) is 0 Å². The summed E-state index contributed by atoms with van der Waals surface area (Å²) in [5.74, 6) is 0.403. The standard InChI is InChI=1S/2C7H8FNO.C2H6.4CH3F/c8-10-7-3-1-6(5-9)2-4-7;8-10-7-3-1-2-6(4-7)5-9;5*1-2/h2*1-4H,5,9H2;1-2H3;4*1H3. The predicted molar refractivity (Wildman–Crippen MR) is 112 cm³/mol. The molecule has 0 aliphatic carbocycles. The molecule has 178 valence electrons. The molecule has 4 N–H and O–H groups in total. The molecule has 2 aromatic carbocycles. The van der Waals surface area contributed by atoms with Crippen molar-refractivity contribution in [1.29, 1.82) is 0 Å². The van der Waals surface area contributed by atoms with E-state index in [1.54, 1.807) is 24.3 Å². The van der Waals surface area contributed by atoms with Crippen LogP contribution in [0.4, 0.5) is 26.6 Å². The van der Waals surface area contributed by atoms with Crippen LogP contribution in [0.15, 0.2) is 48.5 Å². The Morgan fingerprint density at radius 2 is 1.00 bits per heavy atom. The molecule has 0 aromatic heterocycles. The van der Waals surface area contributed by atoms with Crippen LogP contribution in [-0.2, 0) is 13.1 Å². The Hall–Kier alpha value is -2.46. The summed E-state index contributed by atoms with van der Waals surface area (Å²) in [5.41, 5.74) is 12.4. The number of benzene rings is 2. The van der Waals surface area contributed by atoms with Gasteiger partial charge >= 0.3 is 0 Å². The number of halogens is 6. The smallest absolute Gasteiger partial charge is 0.172 e. The monoisotopic (exact) mass is 448 g/mol. The van der Waals surface area contributed by atoms with Gasteiger partial charge in [-0.1, -0.05) is 38.1 Å². The van der Waals surface area contributed by atoms with Crippen molar-refractivity contribution in [2.45, 2.75) is 26.9 Å². The van der Waals surface area contributed by atoms with Gasteiger partial charge in [0.1, 0.15) is 0 Å². The zero-order valence-corrected chi connectivity index (χ0v) is 18.3. The van der Waals surface area contributed by atoms with Gasteiger partial charge in [0.15, 0.2) is 11.5 Å². The lowest BCUT2D eigenvalue weighted by atomic mass is 10.2. The topological polar surface area (TPSA) is 70.5 Å². The summed E-state index contributed by atoms with van der Waals surface area (Å²) in [5, 5.41) is 0. The second-order valence-electron chi connectivity index (χ2n) is 3.85. The van der Waals surface area contributed by atoms with E-state index < -0.39 is 0 Å². The summed E-state index contributed by atoms with van der Waals surface area (Å²) >= 11 is 0. The minimum absolute atomic E-state index is 0.197. The van der Waals surface area contributed by atoms with E-state index in [1.807, 2.05) is 19.9 Å². The molecule has 0 bridgehead atoms. The van der Waals surface area contributed by atoms with Gasteiger partial charge in [-0.25, -0.2) is 0 Å². The van der Waals surface area contributed by atoms with Crippen molar-refractivity contribution >= 4 is 0 Å². The van der Waals surface area contributed by atoms with Gasteiger partial charge in [0.2, 0.25) is 0 Å². The molecule has 0 aliphatic heterocycles. The molecule has 0 atom stereocenters. The van der Waals surface area contributed by atoms with Crippen molar-refractivity contribution in [2.24, 2.45) is 11.5 Å². The van der Waals surface area contributed by atoms with Crippen LogP contribution in [0.25, 0.3) is 0 Å². The normalized spacial score (nSPS) is 7.27. The van der Waals surface area contributed by atoms with Gasteiger partial charge in [-0.3, -0.25) is 27.4 Å². The Bertz CT molecular complexity index is 479. The van der Waals surface area contributed by atoms with E-state index in [1.165, 1.54) is 18.2 Å². The first kappa shape index (κ1) is 38.2. The first-order valence-corrected chi connectivity index (χ1v) is 8.40. The molecule has 0 amide bonds. The Morgan fingerprint density at radius 1 is 0.600 bits per heavy atom. The average molecular weight is 448 g/mol. The number of hydrogen-bond acceptors (Lipinski definition) is 4. The van der Waals surface area contributed by atoms with E-state index in [0.717, 1.165) is 11.1 Å². The second kappa shape index (κ2) is 37.3. The highest BCUT2D eigenvalue weighted by Crippen LogP contribution is 2.12. The van der Waals surface area contributed by atoms with Crippen molar-refractivity contribution in [1.82, 2.24) is 0 Å². The minimum Gasteiger partial charge on any atom is -0.326 e. The molecule has 30 heavy (non-hydrogen) atoms. The molecule has 0 radical (unpaired) electrons. The maximum atomic E-state index is 11.5. The van der Waals surface area contributed by atoms with Crippen LogP contribution in [0, 0.1) is 0 Å². The van der Waals surface area contributed by atoms with Crippen LogP contribution >= 0.6 is 0 Å². The molecule has 0 aliphatic rings. The molecule has 2 aromatic rings. The van der Waals surface area contributed by atoms with E-state index in [-0.39, 0.29) is 11.5 Å². The van der Waals surface area contributed by atoms with Crippen molar-refractivity contribution in [3.63, 3.8) is 0 Å². The summed E-state index contributed by atoms with van der Waals surface area (Å²) < 4.78 is 60.9. The summed E-state index contributed by atoms with van der Waals surface area (Å²) in [7, 11) is 2.00. The Labute approximate surface area is 175 Å². The molecule has 0 saturated heterocycles. The van der Waals surface area contributed by atoms with E-state index in [0.29, 0.717) is 41.8 Å². The third-order valence-electron chi connectivity index (χ3n) is 2.47. The maximum absolute atomic E-state index is 11.5. The Morgan fingerprint density at radius 3 is 1.33 bits per heavy atom. The highest BCUT2D eigenvalue weighted by atomic mass is 19.3. The van der Waals surface area contributed by atoms with Gasteiger partial charge in [0, 0.05) is 22.1 Å². The number of alkyl halides is 4. The summed E-state index contributed by atoms with van der Waals surface area (Å²) in [6.07, 6.45) is 0. The number of nitrogens with two attached hydrogens (primary N) is 2. The summed E-state index contributed by atoms with van der Waals surface area (Å²) in [6, 6.07) is 13.1. The van der Waals surface area contributed by atoms with Crippen molar-refractivity contribution in [3.05, 3.63) is 59.7 Å². The zero-order valence-electron chi connectivity index (χ0n) is 18.3. The molecule has 10 heteroatoms. The molecule has 4 nitrogen and oxygen atoms in total. The maximum Gasteiger partial charge on any atom is 0.172 e. The first-order chi connectivity index (χ1) is 14.7. The lowest BCUT2D eigenvalue weighted by Gasteiger charge is -1.96. The van der Waals surface area contributed by atoms with Crippen LogP contribution < -0.4 is 21.4 Å². The third kappa shape index (κ3) is 23.6. The molecule has 0 fully saturated rings. The molecular weight excluding hydrogens is 414 g/mol. The number of hydrogen-bond donors (Lipinski definition) is 2. The van der Waals surface area contributed by atoms with Gasteiger partial charge in [-0.05, 0) is 35.4 Å². The van der Waals surface area contributed by atoms with Crippen molar-refractivity contribution in [2.75, 3.05) is 28.7 Å². The van der Waals surface area contributed by atoms with Gasteiger partial charge in [-0.2, -0.15) is 0 Å². The van der Waals surface area contributed by atoms with Crippen molar-refractivity contribution < 1.29 is 36.5 Å². The predicted octanol–water partition coefficient (Wildman–Crippen LogP) is 6.19. The quantitative estimate of drug-likeness (QED) is 0.548. The lowest BCUT2D eigenvalue weighted by Crippen LogP contribution is -1.95. The average Bonchev–Trinajstić information content (AvgIpc) is 2.90. The van der Waals surface area contributed by atoms with E-state index >= 15 is 0 Å². The third-order valence-corrected chi connectivity index (χ3v) is 2.47. The minimum atomic E-state index is 0.197. The molecule has 2 rings (SSSR count). The van der Waals surface area contributed by atoms with E-state index in [2.05, 4.69) is 9.88 Å². The lowest BCUT2D eigenvalue weighted by molar-refractivity contribution is -0.00628. The molecule has 0 heterocycles. The van der Waals surface area contributed by atoms with Crippen LogP contribution in [0.2, 0.25) is 0 Å². The summed E-state index contributed by atoms with van der Waals surface area (Å²) in [4.78, 5) is 6.97. The fraction of sp³-hybridized carbons (Fsp3) is 0.400. The van der Waals surface area contributed by atoms with Crippen LogP contribution in [0.5, 0.6) is 11.5 Å². The van der Waals surface area contributed by atoms with Crippen molar-refractivity contribution in [3.8, 4) is 11.5 Å². The molecule has 0 spiro atoms. The molecule has 0 unspecified atom stereocenters. The Balaban J connectivity index is -0.0000000982. The fourth-order valence-electron chi connectivity index (χ4n) is 1.40. The molecular formula is C20H34F6N2O2. The van der Waals surface area contributed by atoms with Crippen LogP contribution in [0.3, 0.4) is 0 Å². The van der Waals surface area contributed by atoms with Crippen LogP contribution in [-0.4, -0.2) is 28.7 Å². The Kier molecular flexibility index (Phi) is 47.5. The highest BCUT2D eigenvalue weighted by Gasteiger charge is 1.93. The largest absolute Gasteiger partial charge is 0.326 e. The zero-order chi connectivity index (χ0) is 24.8. The van der Waals surface area contributed by atoms with Crippen LogP contribution in [0.1, 0.15) is 25.0 Å². The molecule has 0 saturated carbocycles. The van der Waals surface area contributed by atoms with Gasteiger partial charge < -0.3 is 11.5 Å². The van der Waals surface area contributed by atoms with E-state index in [4.69, 9.17) is 11.5 Å². The highest BCUT2D eigenvalue weighted by molar-refractivity contribution is 5.28.